The van der Waals surface area contributed by atoms with E-state index in [2.05, 4.69) is 27.7 Å². The lowest BCUT2D eigenvalue weighted by Gasteiger charge is -2.15. The molecule has 0 spiro atoms. The minimum absolute atomic E-state index is 0.240. The highest BCUT2D eigenvalue weighted by Gasteiger charge is 2.16. The third kappa shape index (κ3) is 5.07. The van der Waals surface area contributed by atoms with Crippen molar-refractivity contribution >= 4 is 5.78 Å². The Morgan fingerprint density at radius 1 is 1.15 bits per heavy atom. The maximum Gasteiger partial charge on any atom is 0.135 e. The molecular weight excluding hydrogens is 160 g/mol. The zero-order valence-electron chi connectivity index (χ0n) is 9.76. The molecule has 1 heteroatoms. The monoisotopic (exact) mass is 184 g/mol. The highest BCUT2D eigenvalue weighted by Crippen LogP contribution is 2.17. The van der Waals surface area contributed by atoms with Gasteiger partial charge in [0.2, 0.25) is 0 Å². The number of ketones is 1. The summed E-state index contributed by atoms with van der Waals surface area (Å²) in [6, 6.07) is 0. The van der Waals surface area contributed by atoms with Gasteiger partial charge in [-0.25, -0.2) is 0 Å². The second kappa shape index (κ2) is 6.17. The molecule has 2 unspecified atom stereocenters. The molecule has 0 aromatic rings. The van der Waals surface area contributed by atoms with E-state index in [9.17, 15) is 4.79 Å². The summed E-state index contributed by atoms with van der Waals surface area (Å²) >= 11 is 0. The van der Waals surface area contributed by atoms with Crippen molar-refractivity contribution in [2.75, 3.05) is 0 Å². The van der Waals surface area contributed by atoms with Gasteiger partial charge in [0.1, 0.15) is 5.78 Å². The molecule has 0 radical (unpaired) electrons. The lowest BCUT2D eigenvalue weighted by molar-refractivity contribution is -0.123. The van der Waals surface area contributed by atoms with Gasteiger partial charge in [-0.05, 0) is 18.3 Å². The van der Waals surface area contributed by atoms with Crippen molar-refractivity contribution < 1.29 is 4.79 Å². The third-order valence-corrected chi connectivity index (χ3v) is 3.09. The minimum atomic E-state index is 0.240. The zero-order valence-corrected chi connectivity index (χ0v) is 9.76. The first-order valence-electron chi connectivity index (χ1n) is 5.51. The van der Waals surface area contributed by atoms with Gasteiger partial charge in [0, 0.05) is 12.3 Å². The van der Waals surface area contributed by atoms with Crippen molar-refractivity contribution in [2.45, 2.75) is 53.9 Å². The van der Waals surface area contributed by atoms with E-state index in [1.54, 1.807) is 0 Å². The van der Waals surface area contributed by atoms with Gasteiger partial charge in [-0.1, -0.05) is 41.0 Å². The Bertz CT molecular complexity index is 149. The molecule has 0 aliphatic heterocycles. The molecule has 0 aliphatic rings. The predicted molar refractivity (Wildman–Crippen MR) is 57.7 cm³/mol. The molecule has 0 fully saturated rings. The molecule has 0 amide bonds. The van der Waals surface area contributed by atoms with Crippen molar-refractivity contribution in [1.82, 2.24) is 0 Å². The van der Waals surface area contributed by atoms with Crippen LogP contribution in [0.15, 0.2) is 0 Å². The van der Waals surface area contributed by atoms with Crippen molar-refractivity contribution in [2.24, 2.45) is 17.8 Å². The Hall–Kier alpha value is -0.330. The summed E-state index contributed by atoms with van der Waals surface area (Å²) in [7, 11) is 0. The van der Waals surface area contributed by atoms with Crippen LogP contribution in [0.1, 0.15) is 53.9 Å². The van der Waals surface area contributed by atoms with Gasteiger partial charge in [-0.3, -0.25) is 4.79 Å². The Labute approximate surface area is 82.9 Å². The van der Waals surface area contributed by atoms with Crippen LogP contribution in [0, 0.1) is 17.8 Å². The van der Waals surface area contributed by atoms with Crippen molar-refractivity contribution in [1.29, 1.82) is 0 Å². The van der Waals surface area contributed by atoms with E-state index < -0.39 is 0 Å². The van der Waals surface area contributed by atoms with E-state index in [-0.39, 0.29) is 5.92 Å². The predicted octanol–water partition coefficient (Wildman–Crippen LogP) is 3.67. The summed E-state index contributed by atoms with van der Waals surface area (Å²) in [6.07, 6.45) is 3.02. The van der Waals surface area contributed by atoms with Gasteiger partial charge < -0.3 is 0 Å². The van der Waals surface area contributed by atoms with Crippen molar-refractivity contribution in [3.05, 3.63) is 0 Å². The zero-order chi connectivity index (χ0) is 10.4. The summed E-state index contributed by atoms with van der Waals surface area (Å²) in [5.74, 6) is 1.87. The molecule has 1 nitrogen and oxygen atoms in total. The average Bonchev–Trinajstić information content (AvgIpc) is 2.11. The maximum absolute atomic E-state index is 11.6. The summed E-state index contributed by atoms with van der Waals surface area (Å²) in [5, 5.41) is 0. The molecule has 0 bridgehead atoms. The number of carbonyl (C=O) groups is 1. The molecule has 0 aromatic heterocycles. The normalized spacial score (nSPS) is 15.8. The first-order chi connectivity index (χ1) is 5.99. The largest absolute Gasteiger partial charge is 0.299 e. The van der Waals surface area contributed by atoms with Crippen molar-refractivity contribution in [3.63, 3.8) is 0 Å². The fraction of sp³-hybridized carbons (Fsp3) is 0.917. The van der Waals surface area contributed by atoms with Crippen LogP contribution in [0.4, 0.5) is 0 Å². The molecular formula is C12H24O. The van der Waals surface area contributed by atoms with Crippen LogP contribution in [0.2, 0.25) is 0 Å². The molecule has 0 saturated heterocycles. The highest BCUT2D eigenvalue weighted by atomic mass is 16.1. The van der Waals surface area contributed by atoms with Crippen LogP contribution in [0.3, 0.4) is 0 Å². The van der Waals surface area contributed by atoms with Crippen LogP contribution in [0.25, 0.3) is 0 Å². The van der Waals surface area contributed by atoms with Crippen LogP contribution in [-0.4, -0.2) is 5.78 Å². The smallest absolute Gasteiger partial charge is 0.135 e. The minimum Gasteiger partial charge on any atom is -0.299 e. The number of rotatable bonds is 6. The molecule has 0 N–H and O–H groups in total. The Morgan fingerprint density at radius 3 is 2.08 bits per heavy atom. The molecule has 0 heterocycles. The molecule has 13 heavy (non-hydrogen) atoms. The molecule has 78 valence electrons. The second-order valence-electron chi connectivity index (χ2n) is 4.55. The fourth-order valence-electron chi connectivity index (χ4n) is 1.19. The molecule has 0 rings (SSSR count). The number of hydrogen-bond acceptors (Lipinski definition) is 1. The van der Waals surface area contributed by atoms with Gasteiger partial charge in [0.05, 0.1) is 0 Å². The Morgan fingerprint density at radius 2 is 1.69 bits per heavy atom. The first-order valence-corrected chi connectivity index (χ1v) is 5.51. The lowest BCUT2D eigenvalue weighted by atomic mass is 9.89. The van der Waals surface area contributed by atoms with E-state index >= 15 is 0 Å². The fourth-order valence-corrected chi connectivity index (χ4v) is 1.19. The summed E-state index contributed by atoms with van der Waals surface area (Å²) in [6.45, 7) is 10.7. The summed E-state index contributed by atoms with van der Waals surface area (Å²) in [4.78, 5) is 11.6. The molecule has 2 atom stereocenters. The highest BCUT2D eigenvalue weighted by molar-refractivity contribution is 5.80. The third-order valence-electron chi connectivity index (χ3n) is 3.09. The molecule has 0 saturated carbocycles. The average molecular weight is 184 g/mol. The van der Waals surface area contributed by atoms with Gasteiger partial charge in [0.25, 0.3) is 0 Å². The number of Topliss-reactive ketones (excluding diaryl/α,β-unsaturated/α-hetero) is 1. The van der Waals surface area contributed by atoms with Gasteiger partial charge in [0.15, 0.2) is 0 Å². The quantitative estimate of drug-likeness (QED) is 0.615. The molecule has 0 aliphatic carbocycles. The van der Waals surface area contributed by atoms with Crippen molar-refractivity contribution in [3.8, 4) is 0 Å². The van der Waals surface area contributed by atoms with E-state index in [1.165, 1.54) is 6.42 Å². The second-order valence-corrected chi connectivity index (χ2v) is 4.55. The topological polar surface area (TPSA) is 17.1 Å². The van der Waals surface area contributed by atoms with Crippen LogP contribution >= 0.6 is 0 Å². The number of hydrogen-bond donors (Lipinski definition) is 0. The summed E-state index contributed by atoms with van der Waals surface area (Å²) in [5.41, 5.74) is 0. The van der Waals surface area contributed by atoms with Gasteiger partial charge in [-0.15, -0.1) is 0 Å². The van der Waals surface area contributed by atoms with Crippen LogP contribution < -0.4 is 0 Å². The standard InChI is InChI=1S/C12H24O/c1-6-10(4)7-8-12(13)11(5)9(2)3/h9-11H,6-8H2,1-5H3. The van der Waals surface area contributed by atoms with Crippen LogP contribution in [0.5, 0.6) is 0 Å². The van der Waals surface area contributed by atoms with Gasteiger partial charge >= 0.3 is 0 Å². The van der Waals surface area contributed by atoms with Crippen LogP contribution in [-0.2, 0) is 4.79 Å². The maximum atomic E-state index is 11.6. The van der Waals surface area contributed by atoms with E-state index in [0.29, 0.717) is 17.6 Å². The Balaban J connectivity index is 3.74. The summed E-state index contributed by atoms with van der Waals surface area (Å²) < 4.78 is 0. The SMILES string of the molecule is CCC(C)CCC(=O)C(C)C(C)C. The van der Waals surface area contributed by atoms with E-state index in [0.717, 1.165) is 12.8 Å². The van der Waals surface area contributed by atoms with Gasteiger partial charge in [-0.2, -0.15) is 0 Å². The lowest BCUT2D eigenvalue weighted by Crippen LogP contribution is -2.17. The number of carbonyl (C=O) groups excluding carboxylic acids is 1. The molecule has 0 aromatic carbocycles. The Kier molecular flexibility index (Phi) is 6.02. The van der Waals surface area contributed by atoms with E-state index in [1.807, 2.05) is 6.92 Å². The van der Waals surface area contributed by atoms with E-state index in [4.69, 9.17) is 0 Å². The first kappa shape index (κ1) is 12.7.